The lowest BCUT2D eigenvalue weighted by molar-refractivity contribution is 0.0332. The van der Waals surface area contributed by atoms with Gasteiger partial charge in [0.1, 0.15) is 0 Å². The van der Waals surface area contributed by atoms with Gasteiger partial charge in [-0.3, -0.25) is 9.80 Å². The number of nitrogens with two attached hydrogens (primary N) is 2. The molecule has 1 aliphatic heterocycles. The van der Waals surface area contributed by atoms with Crippen molar-refractivity contribution in [1.29, 1.82) is 0 Å². The molecule has 0 saturated carbocycles. The highest BCUT2D eigenvalue weighted by molar-refractivity contribution is 4.85. The molecule has 4 nitrogen and oxygen atoms in total. The second kappa shape index (κ2) is 5.80. The third kappa shape index (κ3) is 3.14. The summed E-state index contributed by atoms with van der Waals surface area (Å²) in [5.41, 5.74) is 11.8. The first-order valence-electron chi connectivity index (χ1n) is 5.96. The van der Waals surface area contributed by atoms with Gasteiger partial charge in [-0.05, 0) is 39.4 Å². The third-order valence-corrected chi connectivity index (χ3v) is 3.51. The van der Waals surface area contributed by atoms with Gasteiger partial charge in [-0.2, -0.15) is 0 Å². The highest BCUT2D eigenvalue weighted by Gasteiger charge is 2.29. The monoisotopic (exact) mass is 214 g/mol. The van der Waals surface area contributed by atoms with Gasteiger partial charge in [0.2, 0.25) is 0 Å². The number of nitrogens with zero attached hydrogens (tertiary/aromatic N) is 2. The van der Waals surface area contributed by atoms with E-state index < -0.39 is 0 Å². The van der Waals surface area contributed by atoms with Crippen LogP contribution in [-0.4, -0.2) is 55.7 Å². The molecule has 1 rings (SSSR count). The second-order valence-corrected chi connectivity index (χ2v) is 4.80. The van der Waals surface area contributed by atoms with E-state index >= 15 is 0 Å². The smallest absolute Gasteiger partial charge is 0.0614 e. The van der Waals surface area contributed by atoms with Gasteiger partial charge in [-0.1, -0.05) is 6.92 Å². The minimum Gasteiger partial charge on any atom is -0.330 e. The van der Waals surface area contributed by atoms with E-state index in [2.05, 4.69) is 30.8 Å². The number of hydrogen-bond acceptors (Lipinski definition) is 4. The van der Waals surface area contributed by atoms with Crippen LogP contribution in [0.1, 0.15) is 19.8 Å². The molecule has 0 aromatic heterocycles. The SMILES string of the molecule is CCC(N(C)C)N1CCC(N)C(CN)C1. The van der Waals surface area contributed by atoms with E-state index in [-0.39, 0.29) is 0 Å². The molecule has 0 aromatic rings. The van der Waals surface area contributed by atoms with Gasteiger partial charge in [-0.25, -0.2) is 0 Å². The Hall–Kier alpha value is -0.160. The Morgan fingerprint density at radius 2 is 2.13 bits per heavy atom. The van der Waals surface area contributed by atoms with Gasteiger partial charge in [0.05, 0.1) is 6.17 Å². The van der Waals surface area contributed by atoms with E-state index in [0.29, 0.717) is 24.7 Å². The lowest BCUT2D eigenvalue weighted by Gasteiger charge is -2.42. The summed E-state index contributed by atoms with van der Waals surface area (Å²) in [6.45, 7) is 5.10. The van der Waals surface area contributed by atoms with Crippen molar-refractivity contribution < 1.29 is 0 Å². The predicted molar refractivity (Wildman–Crippen MR) is 64.5 cm³/mol. The van der Waals surface area contributed by atoms with Crippen LogP contribution in [0.5, 0.6) is 0 Å². The van der Waals surface area contributed by atoms with Gasteiger partial charge >= 0.3 is 0 Å². The highest BCUT2D eigenvalue weighted by atomic mass is 15.3. The van der Waals surface area contributed by atoms with Crippen LogP contribution in [0.2, 0.25) is 0 Å². The summed E-state index contributed by atoms with van der Waals surface area (Å²) in [7, 11) is 4.28. The third-order valence-electron chi connectivity index (χ3n) is 3.51. The van der Waals surface area contributed by atoms with E-state index in [1.807, 2.05) is 0 Å². The van der Waals surface area contributed by atoms with Crippen LogP contribution in [0.15, 0.2) is 0 Å². The molecule has 4 N–H and O–H groups in total. The summed E-state index contributed by atoms with van der Waals surface area (Å²) in [4.78, 5) is 4.80. The second-order valence-electron chi connectivity index (χ2n) is 4.80. The molecular formula is C11H26N4. The average molecular weight is 214 g/mol. The molecule has 1 fully saturated rings. The van der Waals surface area contributed by atoms with Gasteiger partial charge in [0.15, 0.2) is 0 Å². The fourth-order valence-electron chi connectivity index (χ4n) is 2.55. The summed E-state index contributed by atoms with van der Waals surface area (Å²) >= 11 is 0. The maximum Gasteiger partial charge on any atom is 0.0614 e. The first kappa shape index (κ1) is 12.9. The zero-order chi connectivity index (χ0) is 11.4. The number of rotatable bonds is 4. The van der Waals surface area contributed by atoms with Crippen molar-refractivity contribution in [3.8, 4) is 0 Å². The molecule has 0 aromatic carbocycles. The van der Waals surface area contributed by atoms with Crippen molar-refractivity contribution in [3.05, 3.63) is 0 Å². The Bertz CT molecular complexity index is 183. The topological polar surface area (TPSA) is 58.5 Å². The molecule has 3 unspecified atom stereocenters. The van der Waals surface area contributed by atoms with Crippen LogP contribution >= 0.6 is 0 Å². The Kier molecular flexibility index (Phi) is 4.99. The van der Waals surface area contributed by atoms with Gasteiger partial charge in [0.25, 0.3) is 0 Å². The predicted octanol–water partition coefficient (Wildman–Crippen LogP) is -0.108. The zero-order valence-corrected chi connectivity index (χ0v) is 10.3. The van der Waals surface area contributed by atoms with Crippen molar-refractivity contribution in [2.24, 2.45) is 17.4 Å². The van der Waals surface area contributed by atoms with E-state index in [4.69, 9.17) is 11.5 Å². The van der Waals surface area contributed by atoms with Crippen molar-refractivity contribution >= 4 is 0 Å². The lowest BCUT2D eigenvalue weighted by Crippen LogP contribution is -2.55. The molecule has 0 amide bonds. The molecule has 0 radical (unpaired) electrons. The maximum absolute atomic E-state index is 6.05. The molecule has 3 atom stereocenters. The van der Waals surface area contributed by atoms with Crippen LogP contribution in [-0.2, 0) is 0 Å². The number of hydrogen-bond donors (Lipinski definition) is 2. The molecule has 90 valence electrons. The molecule has 4 heteroatoms. The molecule has 0 aliphatic carbocycles. The molecule has 1 aliphatic rings. The van der Waals surface area contributed by atoms with Crippen LogP contribution in [0.25, 0.3) is 0 Å². The van der Waals surface area contributed by atoms with Crippen LogP contribution in [0.3, 0.4) is 0 Å². The van der Waals surface area contributed by atoms with Crippen molar-refractivity contribution in [2.45, 2.75) is 32.0 Å². The van der Waals surface area contributed by atoms with E-state index in [0.717, 1.165) is 25.9 Å². The fourth-order valence-corrected chi connectivity index (χ4v) is 2.55. The average Bonchev–Trinajstić information content (AvgIpc) is 2.21. The van der Waals surface area contributed by atoms with Gasteiger partial charge < -0.3 is 11.5 Å². The molecule has 0 spiro atoms. The van der Waals surface area contributed by atoms with Crippen molar-refractivity contribution in [3.63, 3.8) is 0 Å². The molecular weight excluding hydrogens is 188 g/mol. The van der Waals surface area contributed by atoms with Gasteiger partial charge in [0, 0.05) is 19.1 Å². The highest BCUT2D eigenvalue weighted by Crippen LogP contribution is 2.19. The van der Waals surface area contributed by atoms with Gasteiger partial charge in [-0.15, -0.1) is 0 Å². The maximum atomic E-state index is 6.05. The number of likely N-dealkylation sites (tertiary alicyclic amines) is 1. The Morgan fingerprint density at radius 3 is 2.60 bits per heavy atom. The fraction of sp³-hybridized carbons (Fsp3) is 1.00. The minimum atomic E-state index is 0.297. The molecule has 1 heterocycles. The first-order valence-corrected chi connectivity index (χ1v) is 5.96. The standard InChI is InChI=1S/C11H26N4/c1-4-11(14(2)3)15-6-5-10(13)9(7-12)8-15/h9-11H,4-8,12-13H2,1-3H3. The molecule has 15 heavy (non-hydrogen) atoms. The summed E-state index contributed by atoms with van der Waals surface area (Å²) in [5, 5.41) is 0. The van der Waals surface area contributed by atoms with Crippen LogP contribution < -0.4 is 11.5 Å². The lowest BCUT2D eigenvalue weighted by atomic mass is 9.92. The van der Waals surface area contributed by atoms with E-state index in [1.54, 1.807) is 0 Å². The van der Waals surface area contributed by atoms with Crippen LogP contribution in [0.4, 0.5) is 0 Å². The van der Waals surface area contributed by atoms with Crippen molar-refractivity contribution in [2.75, 3.05) is 33.7 Å². The zero-order valence-electron chi connectivity index (χ0n) is 10.3. The Balaban J connectivity index is 2.56. The largest absolute Gasteiger partial charge is 0.330 e. The van der Waals surface area contributed by atoms with Crippen LogP contribution in [0, 0.1) is 5.92 Å². The summed E-state index contributed by atoms with van der Waals surface area (Å²) in [6, 6.07) is 0.297. The summed E-state index contributed by atoms with van der Waals surface area (Å²) in [6.07, 6.45) is 2.76. The summed E-state index contributed by atoms with van der Waals surface area (Å²) in [5.74, 6) is 0.466. The summed E-state index contributed by atoms with van der Waals surface area (Å²) < 4.78 is 0. The molecule has 0 bridgehead atoms. The quantitative estimate of drug-likeness (QED) is 0.686. The first-order chi connectivity index (χ1) is 7.10. The normalized spacial score (nSPS) is 30.8. The Labute approximate surface area is 93.6 Å². The van der Waals surface area contributed by atoms with E-state index in [1.165, 1.54) is 0 Å². The number of piperidine rings is 1. The van der Waals surface area contributed by atoms with E-state index in [9.17, 15) is 0 Å². The Morgan fingerprint density at radius 1 is 1.47 bits per heavy atom. The minimum absolute atomic E-state index is 0.297. The van der Waals surface area contributed by atoms with Crippen molar-refractivity contribution in [1.82, 2.24) is 9.80 Å². The molecule has 1 saturated heterocycles.